The number of aryl methyl sites for hydroxylation is 3. The van der Waals surface area contributed by atoms with Crippen LogP contribution in [-0.4, -0.2) is 42.1 Å². The van der Waals surface area contributed by atoms with Crippen LogP contribution in [-0.2, 0) is 43.6 Å². The van der Waals surface area contributed by atoms with Crippen LogP contribution in [0.1, 0.15) is 35.2 Å². The van der Waals surface area contributed by atoms with Crippen LogP contribution >= 0.6 is 0 Å². The molecule has 1 unspecified atom stereocenters. The molecule has 3 aromatic rings. The van der Waals surface area contributed by atoms with E-state index >= 15 is 0 Å². The SMILES string of the molecule is O=C(C1CCc2ncnn2C1)N1CCc2oc(CCc3cccnc3)nc2C1. The van der Waals surface area contributed by atoms with Gasteiger partial charge in [-0.1, -0.05) is 6.07 Å². The monoisotopic (exact) mass is 378 g/mol. The van der Waals surface area contributed by atoms with Crippen molar-refractivity contribution < 1.29 is 9.21 Å². The minimum absolute atomic E-state index is 0.0345. The summed E-state index contributed by atoms with van der Waals surface area (Å²) in [5.41, 5.74) is 2.07. The van der Waals surface area contributed by atoms with Gasteiger partial charge in [0.1, 0.15) is 23.6 Å². The largest absolute Gasteiger partial charge is 0.445 e. The van der Waals surface area contributed by atoms with Gasteiger partial charge >= 0.3 is 0 Å². The topological polar surface area (TPSA) is 89.9 Å². The third-order valence-electron chi connectivity index (χ3n) is 5.59. The van der Waals surface area contributed by atoms with Crippen LogP contribution in [0.15, 0.2) is 35.3 Å². The quantitative estimate of drug-likeness (QED) is 0.685. The van der Waals surface area contributed by atoms with Gasteiger partial charge in [0.25, 0.3) is 0 Å². The highest BCUT2D eigenvalue weighted by molar-refractivity contribution is 5.79. The average molecular weight is 378 g/mol. The molecule has 0 aromatic carbocycles. The summed E-state index contributed by atoms with van der Waals surface area (Å²) in [5, 5.41) is 4.22. The minimum Gasteiger partial charge on any atom is -0.445 e. The lowest BCUT2D eigenvalue weighted by molar-refractivity contribution is -0.137. The molecule has 1 atom stereocenters. The van der Waals surface area contributed by atoms with Gasteiger partial charge in [-0.25, -0.2) is 14.6 Å². The van der Waals surface area contributed by atoms with Crippen LogP contribution < -0.4 is 0 Å². The molecule has 0 saturated heterocycles. The van der Waals surface area contributed by atoms with Gasteiger partial charge in [0.2, 0.25) is 5.91 Å². The third kappa shape index (κ3) is 3.30. The Morgan fingerprint density at radius 1 is 1.29 bits per heavy atom. The number of aromatic nitrogens is 5. The molecule has 2 aliphatic rings. The summed E-state index contributed by atoms with van der Waals surface area (Å²) in [5.74, 6) is 2.79. The molecule has 0 spiro atoms. The van der Waals surface area contributed by atoms with Gasteiger partial charge in [0, 0.05) is 38.2 Å². The fourth-order valence-electron chi connectivity index (χ4n) is 4.04. The van der Waals surface area contributed by atoms with Crippen LogP contribution in [0.2, 0.25) is 0 Å². The summed E-state index contributed by atoms with van der Waals surface area (Å²) in [6, 6.07) is 3.99. The van der Waals surface area contributed by atoms with E-state index in [1.807, 2.05) is 21.8 Å². The van der Waals surface area contributed by atoms with Crippen molar-refractivity contribution in [1.82, 2.24) is 29.6 Å². The first-order valence-corrected chi connectivity index (χ1v) is 9.78. The summed E-state index contributed by atoms with van der Waals surface area (Å²) in [6.07, 6.45) is 9.15. The molecule has 2 aliphatic heterocycles. The molecular formula is C20H22N6O2. The predicted molar refractivity (Wildman–Crippen MR) is 99.1 cm³/mol. The highest BCUT2D eigenvalue weighted by atomic mass is 16.4. The molecule has 0 bridgehead atoms. The lowest BCUT2D eigenvalue weighted by Gasteiger charge is -2.31. The number of rotatable bonds is 4. The Hall–Kier alpha value is -3.03. The van der Waals surface area contributed by atoms with E-state index < -0.39 is 0 Å². The van der Waals surface area contributed by atoms with E-state index in [9.17, 15) is 4.79 Å². The van der Waals surface area contributed by atoms with E-state index in [2.05, 4.69) is 26.1 Å². The number of fused-ring (bicyclic) bond motifs is 2. The van der Waals surface area contributed by atoms with Gasteiger partial charge in [-0.2, -0.15) is 5.10 Å². The van der Waals surface area contributed by atoms with Gasteiger partial charge in [0.05, 0.1) is 19.0 Å². The standard InChI is InChI=1S/C20H22N6O2/c27-20(15-4-5-18-22-13-23-26(18)11-15)25-9-7-17-16(12-25)24-19(28-17)6-3-14-2-1-8-21-10-14/h1-2,8,10,13,15H,3-7,9,11-12H2. The molecule has 144 valence electrons. The Balaban J connectivity index is 1.23. The minimum atomic E-state index is -0.0345. The highest BCUT2D eigenvalue weighted by Gasteiger charge is 2.32. The fraction of sp³-hybridized carbons (Fsp3) is 0.450. The first-order valence-electron chi connectivity index (χ1n) is 9.78. The Bertz CT molecular complexity index is 980. The summed E-state index contributed by atoms with van der Waals surface area (Å²) in [4.78, 5) is 28.0. The first kappa shape index (κ1) is 17.1. The molecule has 0 saturated carbocycles. The van der Waals surface area contributed by atoms with Crippen LogP contribution in [0.25, 0.3) is 0 Å². The fourth-order valence-corrected chi connectivity index (χ4v) is 4.04. The number of hydrogen-bond acceptors (Lipinski definition) is 6. The summed E-state index contributed by atoms with van der Waals surface area (Å²) in [6.45, 7) is 1.84. The first-order chi connectivity index (χ1) is 13.8. The summed E-state index contributed by atoms with van der Waals surface area (Å²) >= 11 is 0. The highest BCUT2D eigenvalue weighted by Crippen LogP contribution is 2.25. The molecule has 0 radical (unpaired) electrons. The second-order valence-electron chi connectivity index (χ2n) is 7.44. The third-order valence-corrected chi connectivity index (χ3v) is 5.59. The van der Waals surface area contributed by atoms with Crippen molar-refractivity contribution in [2.75, 3.05) is 6.54 Å². The molecule has 8 heteroatoms. The van der Waals surface area contributed by atoms with Gasteiger partial charge in [-0.15, -0.1) is 0 Å². The average Bonchev–Trinajstić information content (AvgIpc) is 3.37. The van der Waals surface area contributed by atoms with E-state index in [0.29, 0.717) is 19.6 Å². The van der Waals surface area contributed by atoms with Crippen molar-refractivity contribution >= 4 is 5.91 Å². The maximum atomic E-state index is 13.0. The Morgan fingerprint density at radius 2 is 2.25 bits per heavy atom. The lowest BCUT2D eigenvalue weighted by Crippen LogP contribution is -2.42. The molecule has 0 aliphatic carbocycles. The van der Waals surface area contributed by atoms with Gasteiger partial charge in [-0.3, -0.25) is 9.78 Å². The smallest absolute Gasteiger partial charge is 0.227 e. The zero-order chi connectivity index (χ0) is 18.9. The maximum absolute atomic E-state index is 13.0. The zero-order valence-electron chi connectivity index (χ0n) is 15.6. The van der Waals surface area contributed by atoms with Crippen molar-refractivity contribution in [3.63, 3.8) is 0 Å². The van der Waals surface area contributed by atoms with Crippen molar-refractivity contribution in [2.45, 2.75) is 45.2 Å². The second-order valence-corrected chi connectivity index (χ2v) is 7.44. The number of nitrogens with zero attached hydrogens (tertiary/aromatic N) is 6. The van der Waals surface area contributed by atoms with Crippen LogP contribution in [0.5, 0.6) is 0 Å². The number of carbonyl (C=O) groups excluding carboxylic acids is 1. The number of hydrogen-bond donors (Lipinski definition) is 0. The zero-order valence-corrected chi connectivity index (χ0v) is 15.6. The van der Waals surface area contributed by atoms with Crippen molar-refractivity contribution in [1.29, 1.82) is 0 Å². The number of amides is 1. The van der Waals surface area contributed by atoms with Crippen LogP contribution in [0.3, 0.4) is 0 Å². The van der Waals surface area contributed by atoms with E-state index in [1.54, 1.807) is 12.5 Å². The maximum Gasteiger partial charge on any atom is 0.227 e. The Labute approximate surface area is 162 Å². The van der Waals surface area contributed by atoms with Crippen molar-refractivity contribution in [2.24, 2.45) is 5.92 Å². The van der Waals surface area contributed by atoms with Gasteiger partial charge < -0.3 is 9.32 Å². The molecule has 1 amide bonds. The normalized spacial score (nSPS) is 18.6. The molecule has 5 rings (SSSR count). The van der Waals surface area contributed by atoms with Gasteiger partial charge in [0.15, 0.2) is 5.89 Å². The molecule has 8 nitrogen and oxygen atoms in total. The molecule has 5 heterocycles. The molecule has 3 aromatic heterocycles. The molecular weight excluding hydrogens is 356 g/mol. The Kier molecular flexibility index (Phi) is 4.38. The van der Waals surface area contributed by atoms with Crippen molar-refractivity contribution in [3.8, 4) is 0 Å². The summed E-state index contributed by atoms with van der Waals surface area (Å²) in [7, 11) is 0. The molecule has 0 fully saturated rings. The Morgan fingerprint density at radius 3 is 3.14 bits per heavy atom. The van der Waals surface area contributed by atoms with E-state index in [4.69, 9.17) is 4.42 Å². The summed E-state index contributed by atoms with van der Waals surface area (Å²) < 4.78 is 7.80. The number of oxazole rings is 1. The van der Waals surface area contributed by atoms with E-state index in [1.165, 1.54) is 5.56 Å². The lowest BCUT2D eigenvalue weighted by atomic mass is 9.97. The van der Waals surface area contributed by atoms with Gasteiger partial charge in [-0.05, 0) is 24.5 Å². The number of pyridine rings is 1. The van der Waals surface area contributed by atoms with E-state index in [-0.39, 0.29) is 11.8 Å². The second kappa shape index (κ2) is 7.18. The van der Waals surface area contributed by atoms with E-state index in [0.717, 1.165) is 55.3 Å². The molecule has 28 heavy (non-hydrogen) atoms. The number of carbonyl (C=O) groups is 1. The van der Waals surface area contributed by atoms with Crippen LogP contribution in [0.4, 0.5) is 0 Å². The molecule has 0 N–H and O–H groups in total. The predicted octanol–water partition coefficient (Wildman–Crippen LogP) is 1.59. The van der Waals surface area contributed by atoms with Crippen molar-refractivity contribution in [3.05, 3.63) is 59.6 Å². The van der Waals surface area contributed by atoms with Crippen LogP contribution in [0, 0.1) is 5.92 Å².